The van der Waals surface area contributed by atoms with Crippen LogP contribution in [0.5, 0.6) is 0 Å². The van der Waals surface area contributed by atoms with Crippen LogP contribution in [0.25, 0.3) is 0 Å². The van der Waals surface area contributed by atoms with E-state index in [1.807, 2.05) is 12.1 Å². The molecule has 5 heteroatoms. The first-order chi connectivity index (χ1) is 9.50. The highest BCUT2D eigenvalue weighted by Gasteiger charge is 2.18. The molecule has 1 fully saturated rings. The van der Waals surface area contributed by atoms with Crippen LogP contribution in [-0.2, 0) is 14.6 Å². The monoisotopic (exact) mass is 297 g/mol. The number of hydrogen-bond acceptors (Lipinski definition) is 4. The Bertz CT molecular complexity index is 519. The minimum atomic E-state index is -3.12. The van der Waals surface area contributed by atoms with Crippen LogP contribution in [0.3, 0.4) is 0 Å². The minimum absolute atomic E-state index is 0.270. The highest BCUT2D eigenvalue weighted by atomic mass is 32.2. The van der Waals surface area contributed by atoms with Crippen molar-refractivity contribution in [1.29, 1.82) is 0 Å². The molecule has 1 atom stereocenters. The summed E-state index contributed by atoms with van der Waals surface area (Å²) in [5, 5.41) is 3.65. The molecule has 0 bridgehead atoms. The normalized spacial score (nSPS) is 18.9. The van der Waals surface area contributed by atoms with Gasteiger partial charge >= 0.3 is 0 Å². The molecule has 0 saturated carbocycles. The summed E-state index contributed by atoms with van der Waals surface area (Å²) in [7, 11) is -3.12. The van der Waals surface area contributed by atoms with Gasteiger partial charge in [-0.05, 0) is 37.0 Å². The van der Waals surface area contributed by atoms with Crippen molar-refractivity contribution in [2.45, 2.75) is 43.2 Å². The van der Waals surface area contributed by atoms with Crippen LogP contribution in [0.1, 0.15) is 37.8 Å². The number of ether oxygens (including phenoxy) is 1. The summed E-state index contributed by atoms with van der Waals surface area (Å²) in [6.45, 7) is 3.78. The SMILES string of the molecule is CC[C@@H](NC1CCOCC1)c1ccc(S(C)(=O)=O)cc1. The van der Waals surface area contributed by atoms with E-state index in [1.54, 1.807) is 12.1 Å². The molecule has 0 aliphatic carbocycles. The van der Waals surface area contributed by atoms with E-state index in [4.69, 9.17) is 4.74 Å². The Kier molecular flexibility index (Phi) is 5.18. The third kappa shape index (κ3) is 4.04. The lowest BCUT2D eigenvalue weighted by Crippen LogP contribution is -2.37. The Morgan fingerprint density at radius 2 is 1.85 bits per heavy atom. The van der Waals surface area contributed by atoms with Crippen LogP contribution < -0.4 is 5.32 Å². The number of rotatable bonds is 5. The van der Waals surface area contributed by atoms with Crippen LogP contribution >= 0.6 is 0 Å². The summed E-state index contributed by atoms with van der Waals surface area (Å²) in [6, 6.07) is 7.97. The van der Waals surface area contributed by atoms with Gasteiger partial charge in [0.15, 0.2) is 9.84 Å². The Balaban J connectivity index is 2.07. The van der Waals surface area contributed by atoms with Gasteiger partial charge in [-0.2, -0.15) is 0 Å². The van der Waals surface area contributed by atoms with Gasteiger partial charge < -0.3 is 10.1 Å². The molecule has 1 aliphatic heterocycles. The summed E-state index contributed by atoms with van der Waals surface area (Å²) in [6.07, 6.45) is 4.30. The minimum Gasteiger partial charge on any atom is -0.381 e. The standard InChI is InChI=1S/C15H23NO3S/c1-3-15(16-13-8-10-19-11-9-13)12-4-6-14(7-5-12)20(2,17)18/h4-7,13,15-16H,3,8-11H2,1-2H3/t15-/m1/s1. The maximum absolute atomic E-state index is 11.5. The molecule has 0 spiro atoms. The van der Waals surface area contributed by atoms with Crippen molar-refractivity contribution in [3.8, 4) is 0 Å². The molecule has 0 radical (unpaired) electrons. The number of benzene rings is 1. The van der Waals surface area contributed by atoms with Gasteiger partial charge in [0.25, 0.3) is 0 Å². The van der Waals surface area contributed by atoms with Gasteiger partial charge in [-0.15, -0.1) is 0 Å². The lowest BCUT2D eigenvalue weighted by Gasteiger charge is -2.28. The Labute approximate surface area is 121 Å². The molecule has 4 nitrogen and oxygen atoms in total. The molecule has 0 amide bonds. The summed E-state index contributed by atoms with van der Waals surface area (Å²) in [5.41, 5.74) is 1.14. The Morgan fingerprint density at radius 1 is 1.25 bits per heavy atom. The average Bonchev–Trinajstić information content (AvgIpc) is 2.45. The summed E-state index contributed by atoms with van der Waals surface area (Å²) < 4.78 is 28.3. The molecular weight excluding hydrogens is 274 g/mol. The van der Waals surface area contributed by atoms with Crippen LogP contribution in [0.2, 0.25) is 0 Å². The van der Waals surface area contributed by atoms with Gasteiger partial charge in [-0.1, -0.05) is 19.1 Å². The second-order valence-corrected chi connectivity index (χ2v) is 7.37. The highest BCUT2D eigenvalue weighted by Crippen LogP contribution is 2.21. The molecule has 0 unspecified atom stereocenters. The number of nitrogens with one attached hydrogen (secondary N) is 1. The van der Waals surface area contributed by atoms with Crippen molar-refractivity contribution in [2.24, 2.45) is 0 Å². The maximum atomic E-state index is 11.5. The lowest BCUT2D eigenvalue weighted by molar-refractivity contribution is 0.0746. The van der Waals surface area contributed by atoms with Gasteiger partial charge in [0.2, 0.25) is 0 Å². The van der Waals surface area contributed by atoms with E-state index >= 15 is 0 Å². The molecule has 1 N–H and O–H groups in total. The largest absolute Gasteiger partial charge is 0.381 e. The molecule has 1 heterocycles. The molecule has 20 heavy (non-hydrogen) atoms. The second kappa shape index (κ2) is 6.70. The fraction of sp³-hybridized carbons (Fsp3) is 0.600. The summed E-state index contributed by atoms with van der Waals surface area (Å²) >= 11 is 0. The first kappa shape index (κ1) is 15.5. The Morgan fingerprint density at radius 3 is 2.35 bits per heavy atom. The molecular formula is C15H23NO3S. The van der Waals surface area contributed by atoms with Crippen molar-refractivity contribution in [3.05, 3.63) is 29.8 Å². The van der Waals surface area contributed by atoms with Gasteiger partial charge in [-0.25, -0.2) is 8.42 Å². The first-order valence-corrected chi connectivity index (χ1v) is 9.03. The van der Waals surface area contributed by atoms with Crippen molar-refractivity contribution in [1.82, 2.24) is 5.32 Å². The van der Waals surface area contributed by atoms with Crippen LogP contribution in [0, 0.1) is 0 Å². The van der Waals surface area contributed by atoms with Crippen molar-refractivity contribution in [2.75, 3.05) is 19.5 Å². The first-order valence-electron chi connectivity index (χ1n) is 7.14. The van der Waals surface area contributed by atoms with Gasteiger partial charge in [0, 0.05) is 31.6 Å². The fourth-order valence-electron chi connectivity index (χ4n) is 2.55. The zero-order valence-corrected chi connectivity index (χ0v) is 12.9. The van der Waals surface area contributed by atoms with E-state index < -0.39 is 9.84 Å². The topological polar surface area (TPSA) is 55.4 Å². The van der Waals surface area contributed by atoms with Crippen LogP contribution in [-0.4, -0.2) is 33.9 Å². The van der Waals surface area contributed by atoms with Crippen LogP contribution in [0.15, 0.2) is 29.2 Å². The smallest absolute Gasteiger partial charge is 0.175 e. The van der Waals surface area contributed by atoms with Gasteiger partial charge in [0.05, 0.1) is 4.90 Å². The highest BCUT2D eigenvalue weighted by molar-refractivity contribution is 7.90. The molecule has 1 aromatic rings. The van der Waals surface area contributed by atoms with E-state index in [-0.39, 0.29) is 6.04 Å². The molecule has 112 valence electrons. The Hall–Kier alpha value is -0.910. The van der Waals surface area contributed by atoms with Crippen molar-refractivity contribution >= 4 is 9.84 Å². The average molecular weight is 297 g/mol. The van der Waals surface area contributed by atoms with Gasteiger partial charge in [0.1, 0.15) is 0 Å². The summed E-state index contributed by atoms with van der Waals surface area (Å²) in [4.78, 5) is 0.377. The third-order valence-corrected chi connectivity index (χ3v) is 4.91. The molecule has 1 aliphatic rings. The maximum Gasteiger partial charge on any atom is 0.175 e. The van der Waals surface area contributed by atoms with E-state index in [0.29, 0.717) is 10.9 Å². The van der Waals surface area contributed by atoms with Crippen molar-refractivity contribution < 1.29 is 13.2 Å². The van der Waals surface area contributed by atoms with E-state index in [2.05, 4.69) is 12.2 Å². The van der Waals surface area contributed by atoms with E-state index in [1.165, 1.54) is 6.26 Å². The predicted octanol–water partition coefficient (Wildman–Crippen LogP) is 2.31. The third-order valence-electron chi connectivity index (χ3n) is 3.78. The summed E-state index contributed by atoms with van der Waals surface area (Å²) in [5.74, 6) is 0. The fourth-order valence-corrected chi connectivity index (χ4v) is 3.18. The van der Waals surface area contributed by atoms with E-state index in [9.17, 15) is 8.42 Å². The number of sulfone groups is 1. The van der Waals surface area contributed by atoms with E-state index in [0.717, 1.165) is 38.0 Å². The van der Waals surface area contributed by atoms with Crippen molar-refractivity contribution in [3.63, 3.8) is 0 Å². The zero-order valence-electron chi connectivity index (χ0n) is 12.1. The van der Waals surface area contributed by atoms with Crippen LogP contribution in [0.4, 0.5) is 0 Å². The molecule has 1 aromatic carbocycles. The molecule has 0 aromatic heterocycles. The second-order valence-electron chi connectivity index (χ2n) is 5.36. The van der Waals surface area contributed by atoms with Gasteiger partial charge in [-0.3, -0.25) is 0 Å². The molecule has 2 rings (SSSR count). The zero-order chi connectivity index (χ0) is 14.6. The quantitative estimate of drug-likeness (QED) is 0.906. The predicted molar refractivity (Wildman–Crippen MR) is 79.6 cm³/mol. The number of hydrogen-bond donors (Lipinski definition) is 1. The molecule has 1 saturated heterocycles. The lowest BCUT2D eigenvalue weighted by atomic mass is 10.0.